The van der Waals surface area contributed by atoms with Crippen molar-refractivity contribution >= 4 is 0 Å². The summed E-state index contributed by atoms with van der Waals surface area (Å²) in [5.41, 5.74) is 1.15. The standard InChI is InChI=1S/C17H27FN2/c1-12(2)17(20(3)4)11-19-16-9-14(10-16)13-6-5-7-15(18)8-13/h5-8,12,14,16-17,19H,9-11H2,1-4H3. The number of nitrogens with one attached hydrogen (secondary N) is 1. The summed E-state index contributed by atoms with van der Waals surface area (Å²) in [7, 11) is 4.28. The Morgan fingerprint density at radius 1 is 1.30 bits per heavy atom. The van der Waals surface area contributed by atoms with Crippen LogP contribution in [0.15, 0.2) is 24.3 Å². The Morgan fingerprint density at radius 3 is 2.55 bits per heavy atom. The molecule has 2 nitrogen and oxygen atoms in total. The molecule has 112 valence electrons. The van der Waals surface area contributed by atoms with Gasteiger partial charge >= 0.3 is 0 Å². The first-order valence-electron chi connectivity index (χ1n) is 7.62. The molecule has 1 saturated carbocycles. The van der Waals surface area contributed by atoms with Crippen LogP contribution in [0.1, 0.15) is 38.2 Å². The SMILES string of the molecule is CC(C)C(CNC1CC(c2cccc(F)c2)C1)N(C)C. The monoisotopic (exact) mass is 278 g/mol. The topological polar surface area (TPSA) is 15.3 Å². The molecule has 0 spiro atoms. The number of likely N-dealkylation sites (N-methyl/N-ethyl adjacent to an activating group) is 1. The van der Waals surface area contributed by atoms with Crippen molar-refractivity contribution in [2.45, 2.75) is 44.7 Å². The highest BCUT2D eigenvalue weighted by Crippen LogP contribution is 2.37. The fourth-order valence-electron chi connectivity index (χ4n) is 3.12. The minimum atomic E-state index is -0.119. The Bertz CT molecular complexity index is 417. The summed E-state index contributed by atoms with van der Waals surface area (Å²) in [6.45, 7) is 5.57. The number of rotatable bonds is 6. The quantitative estimate of drug-likeness (QED) is 0.859. The van der Waals surface area contributed by atoms with Crippen LogP contribution in [0.4, 0.5) is 4.39 Å². The number of hydrogen-bond acceptors (Lipinski definition) is 2. The summed E-state index contributed by atoms with van der Waals surface area (Å²) in [6.07, 6.45) is 2.25. The van der Waals surface area contributed by atoms with Gasteiger partial charge in [0.05, 0.1) is 0 Å². The van der Waals surface area contributed by atoms with E-state index in [-0.39, 0.29) is 5.82 Å². The molecule has 1 aliphatic rings. The van der Waals surface area contributed by atoms with Gasteiger partial charge in [0.2, 0.25) is 0 Å². The number of halogens is 1. The second-order valence-corrected chi connectivity index (χ2v) is 6.60. The fraction of sp³-hybridized carbons (Fsp3) is 0.647. The van der Waals surface area contributed by atoms with Crippen molar-refractivity contribution in [2.24, 2.45) is 5.92 Å². The maximum atomic E-state index is 13.2. The summed E-state index contributed by atoms with van der Waals surface area (Å²) in [5.74, 6) is 1.06. The van der Waals surface area contributed by atoms with Crippen LogP contribution in [-0.4, -0.2) is 37.6 Å². The third-order valence-electron chi connectivity index (χ3n) is 4.51. The van der Waals surface area contributed by atoms with E-state index in [0.717, 1.165) is 24.9 Å². The number of benzene rings is 1. The zero-order chi connectivity index (χ0) is 14.7. The molecule has 0 heterocycles. The summed E-state index contributed by atoms with van der Waals surface area (Å²) in [6, 6.07) is 8.21. The van der Waals surface area contributed by atoms with E-state index in [1.807, 2.05) is 12.1 Å². The van der Waals surface area contributed by atoms with Crippen LogP contribution in [-0.2, 0) is 0 Å². The first kappa shape index (κ1) is 15.5. The Balaban J connectivity index is 1.77. The van der Waals surface area contributed by atoms with Gasteiger partial charge in [-0.05, 0) is 56.5 Å². The third kappa shape index (κ3) is 3.80. The van der Waals surface area contributed by atoms with Gasteiger partial charge in [0.15, 0.2) is 0 Å². The van der Waals surface area contributed by atoms with E-state index in [2.05, 4.69) is 38.2 Å². The maximum Gasteiger partial charge on any atom is 0.123 e. The molecule has 20 heavy (non-hydrogen) atoms. The van der Waals surface area contributed by atoms with Gasteiger partial charge in [-0.2, -0.15) is 0 Å². The predicted molar refractivity (Wildman–Crippen MR) is 82.5 cm³/mol. The highest BCUT2D eigenvalue weighted by atomic mass is 19.1. The molecule has 1 aromatic rings. The summed E-state index contributed by atoms with van der Waals surface area (Å²) in [4.78, 5) is 2.29. The molecular weight excluding hydrogens is 251 g/mol. The molecule has 1 aliphatic carbocycles. The molecule has 0 aliphatic heterocycles. The van der Waals surface area contributed by atoms with Crippen LogP contribution in [0.2, 0.25) is 0 Å². The first-order valence-corrected chi connectivity index (χ1v) is 7.62. The second kappa shape index (κ2) is 6.68. The second-order valence-electron chi connectivity index (χ2n) is 6.60. The first-order chi connectivity index (χ1) is 9.47. The van der Waals surface area contributed by atoms with Gasteiger partial charge in [-0.3, -0.25) is 0 Å². The lowest BCUT2D eigenvalue weighted by molar-refractivity contribution is 0.198. The molecule has 1 unspecified atom stereocenters. The van der Waals surface area contributed by atoms with Crippen molar-refractivity contribution in [3.8, 4) is 0 Å². The minimum absolute atomic E-state index is 0.119. The zero-order valence-corrected chi connectivity index (χ0v) is 13.1. The highest BCUT2D eigenvalue weighted by Gasteiger charge is 2.30. The van der Waals surface area contributed by atoms with Crippen molar-refractivity contribution in [3.05, 3.63) is 35.6 Å². The van der Waals surface area contributed by atoms with E-state index < -0.39 is 0 Å². The Kier molecular flexibility index (Phi) is 5.17. The van der Waals surface area contributed by atoms with Crippen molar-refractivity contribution < 1.29 is 4.39 Å². The van der Waals surface area contributed by atoms with Gasteiger partial charge in [-0.1, -0.05) is 26.0 Å². The van der Waals surface area contributed by atoms with E-state index in [1.165, 1.54) is 6.07 Å². The van der Waals surface area contributed by atoms with Crippen LogP contribution in [0.3, 0.4) is 0 Å². The van der Waals surface area contributed by atoms with E-state index in [4.69, 9.17) is 0 Å². The smallest absolute Gasteiger partial charge is 0.123 e. The van der Waals surface area contributed by atoms with Crippen LogP contribution >= 0.6 is 0 Å². The van der Waals surface area contributed by atoms with Crippen LogP contribution < -0.4 is 5.32 Å². The van der Waals surface area contributed by atoms with Crippen molar-refractivity contribution in [3.63, 3.8) is 0 Å². The molecule has 2 rings (SSSR count). The molecule has 1 N–H and O–H groups in total. The molecule has 0 bridgehead atoms. The summed E-state index contributed by atoms with van der Waals surface area (Å²) >= 11 is 0. The average molecular weight is 278 g/mol. The molecular formula is C17H27FN2. The largest absolute Gasteiger partial charge is 0.312 e. The lowest BCUT2D eigenvalue weighted by Gasteiger charge is -2.38. The molecule has 1 fully saturated rings. The molecule has 0 saturated heterocycles. The number of nitrogens with zero attached hydrogens (tertiary/aromatic N) is 1. The van der Waals surface area contributed by atoms with Crippen molar-refractivity contribution in [1.29, 1.82) is 0 Å². The Morgan fingerprint density at radius 2 is 2.00 bits per heavy atom. The molecule has 0 radical (unpaired) electrons. The number of hydrogen-bond donors (Lipinski definition) is 1. The Labute approximate surface area is 122 Å². The van der Waals surface area contributed by atoms with E-state index in [1.54, 1.807) is 6.07 Å². The van der Waals surface area contributed by atoms with Gasteiger partial charge in [0, 0.05) is 18.6 Å². The highest BCUT2D eigenvalue weighted by molar-refractivity contribution is 5.23. The lowest BCUT2D eigenvalue weighted by atomic mass is 9.75. The van der Waals surface area contributed by atoms with Gasteiger partial charge < -0.3 is 10.2 Å². The lowest BCUT2D eigenvalue weighted by Crippen LogP contribution is -2.48. The molecule has 0 aromatic heterocycles. The van der Waals surface area contributed by atoms with Crippen molar-refractivity contribution in [2.75, 3.05) is 20.6 Å². The summed E-state index contributed by atoms with van der Waals surface area (Å²) < 4.78 is 13.2. The predicted octanol–water partition coefficient (Wildman–Crippen LogP) is 3.25. The van der Waals surface area contributed by atoms with Crippen molar-refractivity contribution in [1.82, 2.24) is 10.2 Å². The van der Waals surface area contributed by atoms with Crippen LogP contribution in [0.5, 0.6) is 0 Å². The fourth-order valence-corrected chi connectivity index (χ4v) is 3.12. The Hall–Kier alpha value is -0.930. The van der Waals surface area contributed by atoms with Gasteiger partial charge in [0.25, 0.3) is 0 Å². The molecule has 0 amide bonds. The average Bonchev–Trinajstić information content (AvgIpc) is 2.30. The zero-order valence-electron chi connectivity index (χ0n) is 13.1. The van der Waals surface area contributed by atoms with E-state index in [9.17, 15) is 4.39 Å². The van der Waals surface area contributed by atoms with Gasteiger partial charge in [-0.15, -0.1) is 0 Å². The maximum absolute atomic E-state index is 13.2. The molecule has 1 aromatic carbocycles. The molecule has 3 heteroatoms. The molecule has 1 atom stereocenters. The minimum Gasteiger partial charge on any atom is -0.312 e. The van der Waals surface area contributed by atoms with E-state index >= 15 is 0 Å². The van der Waals surface area contributed by atoms with Crippen LogP contribution in [0, 0.1) is 11.7 Å². The van der Waals surface area contributed by atoms with Crippen LogP contribution in [0.25, 0.3) is 0 Å². The van der Waals surface area contributed by atoms with Gasteiger partial charge in [0.1, 0.15) is 5.82 Å². The summed E-state index contributed by atoms with van der Waals surface area (Å²) in [5, 5.41) is 3.66. The normalized spacial score (nSPS) is 23.9. The van der Waals surface area contributed by atoms with E-state index in [0.29, 0.717) is 23.9 Å². The third-order valence-corrected chi connectivity index (χ3v) is 4.51. The van der Waals surface area contributed by atoms with Gasteiger partial charge in [-0.25, -0.2) is 4.39 Å².